The normalized spacial score (nSPS) is 14.1. The monoisotopic (exact) mass is 473 g/mol. The molecule has 1 aromatic carbocycles. The number of nitrogens with zero attached hydrogens (tertiary/aromatic N) is 1. The van der Waals surface area contributed by atoms with E-state index in [0.29, 0.717) is 6.54 Å². The number of halogens is 1. The Morgan fingerprint density at radius 3 is 2.65 bits per heavy atom. The van der Waals surface area contributed by atoms with E-state index in [9.17, 15) is 0 Å². The fourth-order valence-corrected chi connectivity index (χ4v) is 3.06. The molecule has 6 heteroatoms. The van der Waals surface area contributed by atoms with Gasteiger partial charge in [0.25, 0.3) is 0 Å². The molecule has 1 aromatic rings. The first-order chi connectivity index (χ1) is 12.3. The smallest absolute Gasteiger partial charge is 0.191 e. The van der Waals surface area contributed by atoms with E-state index in [2.05, 4.69) is 28.6 Å². The largest absolute Gasteiger partial charge is 0.493 e. The molecule has 146 valence electrons. The summed E-state index contributed by atoms with van der Waals surface area (Å²) in [6, 6.07) is 5.87. The molecule has 26 heavy (non-hydrogen) atoms. The first kappa shape index (κ1) is 22.6. The van der Waals surface area contributed by atoms with Crippen molar-refractivity contribution in [1.82, 2.24) is 10.6 Å². The number of nitrogens with one attached hydrogen (secondary N) is 2. The Labute approximate surface area is 174 Å². The Kier molecular flexibility index (Phi) is 11.2. The van der Waals surface area contributed by atoms with E-state index in [1.165, 1.54) is 25.7 Å². The quantitative estimate of drug-likeness (QED) is 0.256. The second-order valence-electron chi connectivity index (χ2n) is 6.13. The van der Waals surface area contributed by atoms with Gasteiger partial charge in [-0.3, -0.25) is 0 Å². The highest BCUT2D eigenvalue weighted by Gasteiger charge is 2.09. The number of hydrogen-bond donors (Lipinski definition) is 2. The predicted octanol–water partition coefficient (Wildman–Crippen LogP) is 4.27. The molecule has 1 aliphatic carbocycles. The second kappa shape index (κ2) is 12.8. The first-order valence-electron chi connectivity index (χ1n) is 9.18. The van der Waals surface area contributed by atoms with Gasteiger partial charge in [-0.2, -0.15) is 0 Å². The minimum atomic E-state index is 0. The van der Waals surface area contributed by atoms with Gasteiger partial charge in [-0.25, -0.2) is 4.99 Å². The van der Waals surface area contributed by atoms with Gasteiger partial charge in [-0.15, -0.1) is 24.0 Å². The Bertz CT molecular complexity index is 603. The van der Waals surface area contributed by atoms with Crippen molar-refractivity contribution < 1.29 is 9.47 Å². The molecule has 0 saturated carbocycles. The van der Waals surface area contributed by atoms with Crippen molar-refractivity contribution in [2.24, 2.45) is 4.99 Å². The molecule has 0 fully saturated rings. The van der Waals surface area contributed by atoms with Gasteiger partial charge >= 0.3 is 0 Å². The number of allylic oxidation sites excluding steroid dienone is 1. The van der Waals surface area contributed by atoms with E-state index in [0.717, 1.165) is 42.5 Å². The van der Waals surface area contributed by atoms with Crippen molar-refractivity contribution in [3.63, 3.8) is 0 Å². The molecule has 5 nitrogen and oxygen atoms in total. The summed E-state index contributed by atoms with van der Waals surface area (Å²) in [6.45, 7) is 4.36. The van der Waals surface area contributed by atoms with Crippen LogP contribution in [0.25, 0.3) is 0 Å². The molecule has 2 rings (SSSR count). The molecule has 1 aliphatic rings. The number of benzene rings is 1. The van der Waals surface area contributed by atoms with E-state index < -0.39 is 0 Å². The van der Waals surface area contributed by atoms with E-state index in [1.54, 1.807) is 19.8 Å². The second-order valence-corrected chi connectivity index (χ2v) is 6.13. The van der Waals surface area contributed by atoms with Crippen LogP contribution in [0.15, 0.2) is 34.8 Å². The van der Waals surface area contributed by atoms with Crippen LogP contribution in [-0.2, 0) is 6.54 Å². The van der Waals surface area contributed by atoms with Crippen molar-refractivity contribution in [3.8, 4) is 11.5 Å². The van der Waals surface area contributed by atoms with Crippen molar-refractivity contribution in [1.29, 1.82) is 0 Å². The summed E-state index contributed by atoms with van der Waals surface area (Å²) in [5.74, 6) is 2.32. The Hall–Kier alpha value is -1.44. The van der Waals surface area contributed by atoms with Crippen molar-refractivity contribution in [2.75, 3.05) is 27.3 Å². The summed E-state index contributed by atoms with van der Waals surface area (Å²) in [6.07, 6.45) is 8.64. The number of rotatable bonds is 8. The van der Waals surface area contributed by atoms with Gasteiger partial charge in [0.2, 0.25) is 0 Å². The molecular formula is C20H32IN3O2. The van der Waals surface area contributed by atoms with E-state index in [4.69, 9.17) is 9.47 Å². The van der Waals surface area contributed by atoms with Gasteiger partial charge in [-0.1, -0.05) is 23.8 Å². The summed E-state index contributed by atoms with van der Waals surface area (Å²) in [5, 5.41) is 6.73. The molecule has 0 aromatic heterocycles. The molecule has 2 N–H and O–H groups in total. The van der Waals surface area contributed by atoms with E-state index >= 15 is 0 Å². The van der Waals surface area contributed by atoms with Crippen LogP contribution < -0.4 is 20.1 Å². The van der Waals surface area contributed by atoms with Gasteiger partial charge < -0.3 is 20.1 Å². The van der Waals surface area contributed by atoms with Crippen LogP contribution in [0, 0.1) is 0 Å². The molecule has 0 atom stereocenters. The number of aliphatic imine (C=N–C) groups is 1. The zero-order valence-electron chi connectivity index (χ0n) is 16.1. The van der Waals surface area contributed by atoms with Crippen LogP contribution in [0.2, 0.25) is 0 Å². The standard InChI is InChI=1S/C20H31N3O2.HI/c1-4-21-20(22-14-13-16-9-6-5-7-10-16)23-15-17-11-8-12-18(24-2)19(17)25-3;/h8-9,11-12H,4-7,10,13-15H2,1-3H3,(H2,21,22,23);1H. The molecule has 0 unspecified atom stereocenters. The summed E-state index contributed by atoms with van der Waals surface area (Å²) >= 11 is 0. The van der Waals surface area contributed by atoms with E-state index in [-0.39, 0.29) is 24.0 Å². The minimum Gasteiger partial charge on any atom is -0.493 e. The lowest BCUT2D eigenvalue weighted by Crippen LogP contribution is -2.37. The third kappa shape index (κ3) is 7.05. The third-order valence-corrected chi connectivity index (χ3v) is 4.36. The Morgan fingerprint density at radius 2 is 2.00 bits per heavy atom. The summed E-state index contributed by atoms with van der Waals surface area (Å²) in [4.78, 5) is 4.69. The van der Waals surface area contributed by atoms with Gasteiger partial charge in [0.1, 0.15) is 0 Å². The molecular weight excluding hydrogens is 441 g/mol. The number of ether oxygens (including phenoxy) is 2. The van der Waals surface area contributed by atoms with Crippen LogP contribution in [0.4, 0.5) is 0 Å². The predicted molar refractivity (Wildman–Crippen MR) is 119 cm³/mol. The van der Waals surface area contributed by atoms with Crippen molar-refractivity contribution >= 4 is 29.9 Å². The van der Waals surface area contributed by atoms with E-state index in [1.807, 2.05) is 18.2 Å². The van der Waals surface area contributed by atoms with Crippen LogP contribution in [-0.4, -0.2) is 33.3 Å². The summed E-state index contributed by atoms with van der Waals surface area (Å²) in [5.41, 5.74) is 2.58. The maximum absolute atomic E-state index is 5.48. The highest BCUT2D eigenvalue weighted by molar-refractivity contribution is 14.0. The lowest BCUT2D eigenvalue weighted by Gasteiger charge is -2.15. The van der Waals surface area contributed by atoms with Crippen molar-refractivity contribution in [2.45, 2.75) is 45.6 Å². The third-order valence-electron chi connectivity index (χ3n) is 4.36. The molecule has 0 radical (unpaired) electrons. The topological polar surface area (TPSA) is 54.9 Å². The lowest BCUT2D eigenvalue weighted by molar-refractivity contribution is 0.352. The van der Waals surface area contributed by atoms with Gasteiger partial charge in [-0.05, 0) is 45.1 Å². The minimum absolute atomic E-state index is 0. The maximum atomic E-state index is 5.48. The average molecular weight is 473 g/mol. The summed E-state index contributed by atoms with van der Waals surface area (Å²) < 4.78 is 10.8. The average Bonchev–Trinajstić information content (AvgIpc) is 2.66. The number of hydrogen-bond acceptors (Lipinski definition) is 3. The Balaban J connectivity index is 0.00000338. The number of guanidine groups is 1. The zero-order valence-corrected chi connectivity index (χ0v) is 18.5. The van der Waals surface area contributed by atoms with Gasteiger partial charge in [0.15, 0.2) is 17.5 Å². The lowest BCUT2D eigenvalue weighted by atomic mass is 9.97. The highest BCUT2D eigenvalue weighted by Crippen LogP contribution is 2.31. The highest BCUT2D eigenvalue weighted by atomic mass is 127. The molecule has 0 amide bonds. The zero-order chi connectivity index (χ0) is 17.9. The maximum Gasteiger partial charge on any atom is 0.191 e. The van der Waals surface area contributed by atoms with Crippen LogP contribution >= 0.6 is 24.0 Å². The summed E-state index contributed by atoms with van der Waals surface area (Å²) in [7, 11) is 3.31. The van der Waals surface area contributed by atoms with Crippen LogP contribution in [0.1, 0.15) is 44.6 Å². The van der Waals surface area contributed by atoms with Crippen LogP contribution in [0.3, 0.4) is 0 Å². The fourth-order valence-electron chi connectivity index (χ4n) is 3.06. The number of para-hydroxylation sites is 1. The Morgan fingerprint density at radius 1 is 1.15 bits per heavy atom. The SMILES string of the molecule is CCNC(=NCc1cccc(OC)c1OC)NCCC1=CCCCC1.I. The van der Waals surface area contributed by atoms with Gasteiger partial charge in [0.05, 0.1) is 20.8 Å². The van der Waals surface area contributed by atoms with Crippen molar-refractivity contribution in [3.05, 3.63) is 35.4 Å². The molecule has 0 spiro atoms. The number of methoxy groups -OCH3 is 2. The van der Waals surface area contributed by atoms with Gasteiger partial charge in [0, 0.05) is 18.7 Å². The molecule has 0 bridgehead atoms. The molecule has 0 heterocycles. The molecule has 0 saturated heterocycles. The fraction of sp³-hybridized carbons (Fsp3) is 0.550. The molecule has 0 aliphatic heterocycles. The first-order valence-corrected chi connectivity index (χ1v) is 9.18. The van der Waals surface area contributed by atoms with Crippen LogP contribution in [0.5, 0.6) is 11.5 Å².